The first kappa shape index (κ1) is 22.9. The number of hydrogen-bond acceptors (Lipinski definition) is 6. The van der Waals surface area contributed by atoms with E-state index in [4.69, 9.17) is 11.6 Å². The number of hydrazone groups is 1. The van der Waals surface area contributed by atoms with E-state index < -0.39 is 27.4 Å². The summed E-state index contributed by atoms with van der Waals surface area (Å²) in [6, 6.07) is 19.4. The lowest BCUT2D eigenvalue weighted by molar-refractivity contribution is -0.384. The summed E-state index contributed by atoms with van der Waals surface area (Å²) in [6.45, 7) is -0.546. The largest absolute Gasteiger partial charge is 0.271 e. The summed E-state index contributed by atoms with van der Waals surface area (Å²) in [5.41, 5.74) is 2.92. The second-order valence-corrected chi connectivity index (χ2v) is 8.75. The molecular formula is C21H17ClN4O5S. The first-order valence-corrected chi connectivity index (χ1v) is 11.0. The minimum absolute atomic E-state index is 0.0159. The van der Waals surface area contributed by atoms with Crippen LogP contribution in [0.15, 0.2) is 88.9 Å². The van der Waals surface area contributed by atoms with Gasteiger partial charge in [0.25, 0.3) is 21.6 Å². The van der Waals surface area contributed by atoms with Crippen molar-refractivity contribution < 1.29 is 18.1 Å². The van der Waals surface area contributed by atoms with E-state index in [1.807, 2.05) is 0 Å². The summed E-state index contributed by atoms with van der Waals surface area (Å²) in [6.07, 6.45) is 1.29. The number of anilines is 1. The first-order valence-electron chi connectivity index (χ1n) is 9.17. The molecule has 1 N–H and O–H groups in total. The van der Waals surface area contributed by atoms with Crippen molar-refractivity contribution in [3.8, 4) is 0 Å². The molecule has 0 saturated carbocycles. The number of non-ortho nitro benzene ring substituents is 1. The van der Waals surface area contributed by atoms with Crippen LogP contribution in [0.1, 0.15) is 5.56 Å². The van der Waals surface area contributed by atoms with Crippen LogP contribution in [-0.2, 0) is 14.8 Å². The van der Waals surface area contributed by atoms with Crippen molar-refractivity contribution in [2.24, 2.45) is 5.10 Å². The molecule has 0 radical (unpaired) electrons. The number of sulfonamides is 1. The monoisotopic (exact) mass is 472 g/mol. The highest BCUT2D eigenvalue weighted by atomic mass is 35.5. The van der Waals surface area contributed by atoms with Gasteiger partial charge in [-0.25, -0.2) is 13.8 Å². The summed E-state index contributed by atoms with van der Waals surface area (Å²) >= 11 is 6.02. The second kappa shape index (κ2) is 10.0. The number of carbonyl (C=O) groups is 1. The molecule has 9 nitrogen and oxygen atoms in total. The number of amides is 1. The number of nitrogens with one attached hydrogen (secondary N) is 1. The van der Waals surface area contributed by atoms with Crippen molar-refractivity contribution in [3.05, 3.63) is 99.6 Å². The standard InChI is InChI=1S/C21H17ClN4O5S/c22-17-5-4-6-19(13-17)25(32(30,31)20-7-2-1-3-8-20)15-21(27)24-23-14-16-9-11-18(12-10-16)26(28)29/h1-14H,15H2,(H,24,27)/b23-14+. The number of nitrogens with zero attached hydrogens (tertiary/aromatic N) is 3. The number of benzene rings is 3. The molecule has 0 aliphatic rings. The molecular weight excluding hydrogens is 456 g/mol. The van der Waals surface area contributed by atoms with Crippen LogP contribution in [0.4, 0.5) is 11.4 Å². The molecule has 0 aliphatic carbocycles. The number of carbonyl (C=O) groups excluding carboxylic acids is 1. The molecule has 3 aromatic rings. The predicted molar refractivity (Wildman–Crippen MR) is 121 cm³/mol. The van der Waals surface area contributed by atoms with Gasteiger partial charge < -0.3 is 0 Å². The van der Waals surface area contributed by atoms with Crippen molar-refractivity contribution in [1.29, 1.82) is 0 Å². The molecule has 0 fully saturated rings. The van der Waals surface area contributed by atoms with E-state index in [-0.39, 0.29) is 16.3 Å². The van der Waals surface area contributed by atoms with Crippen LogP contribution < -0.4 is 9.73 Å². The average molecular weight is 473 g/mol. The van der Waals surface area contributed by atoms with Gasteiger partial charge >= 0.3 is 0 Å². The van der Waals surface area contributed by atoms with Gasteiger partial charge in [-0.2, -0.15) is 5.10 Å². The van der Waals surface area contributed by atoms with Crippen molar-refractivity contribution in [2.75, 3.05) is 10.8 Å². The molecule has 11 heteroatoms. The Labute approximate surface area is 189 Å². The third-order valence-electron chi connectivity index (χ3n) is 4.22. The van der Waals surface area contributed by atoms with Crippen molar-refractivity contribution in [1.82, 2.24) is 5.43 Å². The average Bonchev–Trinajstić information content (AvgIpc) is 2.78. The predicted octanol–water partition coefficient (Wildman–Crippen LogP) is 3.59. The van der Waals surface area contributed by atoms with Gasteiger partial charge in [-0.15, -0.1) is 0 Å². The molecule has 3 aromatic carbocycles. The van der Waals surface area contributed by atoms with E-state index >= 15 is 0 Å². The Hall–Kier alpha value is -3.76. The lowest BCUT2D eigenvalue weighted by atomic mass is 10.2. The van der Waals surface area contributed by atoms with Gasteiger partial charge in [0.2, 0.25) is 0 Å². The second-order valence-electron chi connectivity index (χ2n) is 6.45. The van der Waals surface area contributed by atoms with Gasteiger partial charge in [0.15, 0.2) is 0 Å². The summed E-state index contributed by atoms with van der Waals surface area (Å²) in [4.78, 5) is 22.7. The van der Waals surface area contributed by atoms with Gasteiger partial charge in [-0.3, -0.25) is 19.2 Å². The van der Waals surface area contributed by atoms with Crippen molar-refractivity contribution in [2.45, 2.75) is 4.90 Å². The summed E-state index contributed by atoms with van der Waals surface area (Å²) in [5, 5.41) is 14.8. The zero-order valence-corrected chi connectivity index (χ0v) is 18.0. The molecule has 0 spiro atoms. The maximum Gasteiger partial charge on any atom is 0.269 e. The van der Waals surface area contributed by atoms with Crippen molar-refractivity contribution >= 4 is 45.1 Å². The molecule has 3 rings (SSSR count). The Morgan fingerprint density at radius 2 is 1.75 bits per heavy atom. The highest BCUT2D eigenvalue weighted by Gasteiger charge is 2.27. The van der Waals surface area contributed by atoms with Crippen LogP contribution in [0, 0.1) is 10.1 Å². The molecule has 0 heterocycles. The Morgan fingerprint density at radius 1 is 1.06 bits per heavy atom. The molecule has 0 saturated heterocycles. The number of halogens is 1. The lowest BCUT2D eigenvalue weighted by Crippen LogP contribution is -2.39. The Bertz CT molecular complexity index is 1250. The molecule has 32 heavy (non-hydrogen) atoms. The number of rotatable bonds is 8. The van der Waals surface area contributed by atoms with Crippen LogP contribution in [-0.4, -0.2) is 32.0 Å². The molecule has 0 atom stereocenters. The van der Waals surface area contributed by atoms with Crippen LogP contribution in [0.5, 0.6) is 0 Å². The summed E-state index contributed by atoms with van der Waals surface area (Å²) in [5.74, 6) is -0.692. The Morgan fingerprint density at radius 3 is 2.38 bits per heavy atom. The maximum atomic E-state index is 13.2. The van der Waals surface area contributed by atoms with Gasteiger partial charge in [-0.1, -0.05) is 35.9 Å². The van der Waals surface area contributed by atoms with E-state index in [1.165, 1.54) is 54.7 Å². The fraction of sp³-hybridized carbons (Fsp3) is 0.0476. The minimum atomic E-state index is -4.06. The zero-order chi connectivity index (χ0) is 23.1. The quantitative estimate of drug-likeness (QED) is 0.305. The zero-order valence-electron chi connectivity index (χ0n) is 16.5. The van der Waals surface area contributed by atoms with Gasteiger partial charge in [0.05, 0.1) is 21.7 Å². The fourth-order valence-electron chi connectivity index (χ4n) is 2.69. The summed E-state index contributed by atoms with van der Waals surface area (Å²) < 4.78 is 27.3. The van der Waals surface area contributed by atoms with Crippen molar-refractivity contribution in [3.63, 3.8) is 0 Å². The van der Waals surface area contributed by atoms with E-state index in [0.29, 0.717) is 10.6 Å². The Kier molecular flexibility index (Phi) is 7.18. The number of nitro benzene ring substituents is 1. The lowest BCUT2D eigenvalue weighted by Gasteiger charge is -2.23. The third kappa shape index (κ3) is 5.68. The normalized spacial score (nSPS) is 11.3. The van der Waals surface area contributed by atoms with Crippen LogP contribution in [0.25, 0.3) is 0 Å². The maximum absolute atomic E-state index is 13.2. The number of hydrogen-bond donors (Lipinski definition) is 1. The highest BCUT2D eigenvalue weighted by Crippen LogP contribution is 2.25. The SMILES string of the molecule is O=C(CN(c1cccc(Cl)c1)S(=O)(=O)c1ccccc1)N/N=C/c1ccc([N+](=O)[O-])cc1. The molecule has 0 aliphatic heterocycles. The highest BCUT2D eigenvalue weighted by molar-refractivity contribution is 7.92. The summed E-state index contributed by atoms with van der Waals surface area (Å²) in [7, 11) is -4.06. The minimum Gasteiger partial charge on any atom is -0.271 e. The molecule has 0 unspecified atom stereocenters. The Balaban J connectivity index is 1.79. The van der Waals surface area contributed by atoms with Crippen LogP contribution in [0.2, 0.25) is 5.02 Å². The van der Waals surface area contributed by atoms with Crippen LogP contribution in [0.3, 0.4) is 0 Å². The molecule has 0 bridgehead atoms. The van der Waals surface area contributed by atoms with Gasteiger partial charge in [0.1, 0.15) is 6.54 Å². The van der Waals surface area contributed by atoms with Gasteiger partial charge in [-0.05, 0) is 48.0 Å². The number of nitro groups is 1. The van der Waals surface area contributed by atoms with Crippen LogP contribution >= 0.6 is 11.6 Å². The van der Waals surface area contributed by atoms with E-state index in [2.05, 4.69) is 10.5 Å². The van der Waals surface area contributed by atoms with E-state index in [1.54, 1.807) is 30.3 Å². The molecule has 164 valence electrons. The molecule has 1 amide bonds. The van der Waals surface area contributed by atoms with E-state index in [0.717, 1.165) is 4.31 Å². The van der Waals surface area contributed by atoms with E-state index in [9.17, 15) is 23.3 Å². The fourth-order valence-corrected chi connectivity index (χ4v) is 4.31. The first-order chi connectivity index (χ1) is 15.3. The third-order valence-corrected chi connectivity index (χ3v) is 6.24. The smallest absolute Gasteiger partial charge is 0.269 e. The molecule has 0 aromatic heterocycles. The topological polar surface area (TPSA) is 122 Å². The van der Waals surface area contributed by atoms with Gasteiger partial charge in [0, 0.05) is 17.2 Å².